The molecular formula is C29H40BN3O5S. The lowest BCUT2D eigenvalue weighted by atomic mass is 9.43. The van der Waals surface area contributed by atoms with Gasteiger partial charge in [0.1, 0.15) is 6.04 Å². The zero-order valence-corrected chi connectivity index (χ0v) is 24.5. The van der Waals surface area contributed by atoms with E-state index in [2.05, 4.69) is 50.2 Å². The molecule has 39 heavy (non-hydrogen) atoms. The molecule has 3 N–H and O–H groups in total. The Morgan fingerprint density at radius 3 is 2.62 bits per heavy atom. The number of carbonyl (C=O) groups is 2. The molecule has 4 fully saturated rings. The minimum absolute atomic E-state index is 0.00114. The van der Waals surface area contributed by atoms with Crippen LogP contribution in [0.4, 0.5) is 0 Å². The third kappa shape index (κ3) is 5.28. The predicted molar refractivity (Wildman–Crippen MR) is 152 cm³/mol. The molecule has 0 unspecified atom stereocenters. The van der Waals surface area contributed by atoms with Crippen molar-refractivity contribution in [3.05, 3.63) is 41.5 Å². The minimum Gasteiger partial charge on any atom is -0.404 e. The van der Waals surface area contributed by atoms with Crippen LogP contribution in [-0.4, -0.2) is 58.8 Å². The van der Waals surface area contributed by atoms with Crippen molar-refractivity contribution >= 4 is 30.3 Å². The Morgan fingerprint density at radius 1 is 1.21 bits per heavy atom. The number of pyridine rings is 1. The van der Waals surface area contributed by atoms with Gasteiger partial charge in [0, 0.05) is 22.8 Å². The Bertz CT molecular complexity index is 1210. The normalized spacial score (nSPS) is 29.2. The van der Waals surface area contributed by atoms with Crippen LogP contribution >= 0.6 is 11.3 Å². The van der Waals surface area contributed by atoms with Crippen LogP contribution in [0.15, 0.2) is 36.0 Å². The Balaban J connectivity index is 1.29. The van der Waals surface area contributed by atoms with E-state index in [4.69, 9.17) is 9.31 Å². The highest BCUT2D eigenvalue weighted by Crippen LogP contribution is 2.65. The van der Waals surface area contributed by atoms with Crippen LogP contribution in [0.1, 0.15) is 71.2 Å². The second-order valence-electron chi connectivity index (χ2n) is 12.7. The highest BCUT2D eigenvalue weighted by atomic mass is 32.1. The maximum Gasteiger partial charge on any atom is 0.481 e. The molecule has 6 rings (SSSR count). The molecule has 2 amide bonds. The fraction of sp³-hybridized carbons (Fsp3) is 0.621. The van der Waals surface area contributed by atoms with Gasteiger partial charge in [-0.3, -0.25) is 14.6 Å². The summed E-state index contributed by atoms with van der Waals surface area (Å²) in [6.45, 7) is 12.5. The molecule has 3 saturated carbocycles. The van der Waals surface area contributed by atoms with Gasteiger partial charge in [0.2, 0.25) is 5.91 Å². The summed E-state index contributed by atoms with van der Waals surface area (Å²) in [7, 11) is -0.585. The van der Waals surface area contributed by atoms with Gasteiger partial charge >= 0.3 is 7.12 Å². The lowest BCUT2D eigenvalue weighted by Gasteiger charge is -2.64. The maximum atomic E-state index is 13.5. The molecule has 4 aliphatic rings. The Labute approximate surface area is 235 Å². The number of aliphatic hydroxyl groups excluding tert-OH is 1. The van der Waals surface area contributed by atoms with E-state index in [1.165, 1.54) is 13.1 Å². The van der Waals surface area contributed by atoms with Crippen LogP contribution in [0, 0.1) is 23.2 Å². The molecule has 3 aliphatic carbocycles. The van der Waals surface area contributed by atoms with Gasteiger partial charge in [-0.1, -0.05) is 33.8 Å². The zero-order chi connectivity index (χ0) is 28.1. The second-order valence-corrected chi connectivity index (χ2v) is 13.7. The van der Waals surface area contributed by atoms with E-state index in [0.717, 1.165) is 23.3 Å². The quantitative estimate of drug-likeness (QED) is 0.404. The van der Waals surface area contributed by atoms with Crippen molar-refractivity contribution < 1.29 is 24.0 Å². The van der Waals surface area contributed by atoms with Crippen LogP contribution in [-0.2, 0) is 14.1 Å². The van der Waals surface area contributed by atoms with Gasteiger partial charge in [-0.15, -0.1) is 11.3 Å². The van der Waals surface area contributed by atoms with Crippen molar-refractivity contribution in [2.75, 3.05) is 0 Å². The van der Waals surface area contributed by atoms with Gasteiger partial charge in [0.15, 0.2) is 0 Å². The van der Waals surface area contributed by atoms with Gasteiger partial charge in [-0.05, 0) is 73.8 Å². The summed E-state index contributed by atoms with van der Waals surface area (Å²) >= 11 is 1.55. The van der Waals surface area contributed by atoms with E-state index in [0.29, 0.717) is 23.8 Å². The fourth-order valence-corrected chi connectivity index (χ4v) is 7.57. The van der Waals surface area contributed by atoms with Gasteiger partial charge in [-0.25, -0.2) is 0 Å². The summed E-state index contributed by atoms with van der Waals surface area (Å²) in [5, 5.41) is 18.2. The van der Waals surface area contributed by atoms with Crippen LogP contribution in [0.2, 0.25) is 0 Å². The number of hydrogen-bond donors (Lipinski definition) is 3. The second kappa shape index (κ2) is 10.6. The van der Waals surface area contributed by atoms with Crippen LogP contribution < -0.4 is 10.6 Å². The SMILES string of the molecule is CC(C)C[C@H](NC(=O)[C@@H](NC(=O)c1cncc(-c2cccs2)c1)[C@@H](C)O)B1O[C@@H]2C[C@H]3C[C@H](C3(C)C)[C@]2(C)O1. The molecule has 10 heteroatoms. The third-order valence-electron chi connectivity index (χ3n) is 9.21. The molecule has 0 spiro atoms. The summed E-state index contributed by atoms with van der Waals surface area (Å²) in [5.41, 5.74) is 0.970. The number of aliphatic hydroxyl groups is 1. The molecule has 0 radical (unpaired) electrons. The first-order valence-corrected chi connectivity index (χ1v) is 14.9. The van der Waals surface area contributed by atoms with Gasteiger partial charge in [0.05, 0.1) is 29.3 Å². The molecule has 2 aromatic rings. The average Bonchev–Trinajstić information content (AvgIpc) is 3.53. The van der Waals surface area contributed by atoms with Crippen molar-refractivity contribution in [1.82, 2.24) is 15.6 Å². The molecule has 2 bridgehead atoms. The van der Waals surface area contributed by atoms with Crippen molar-refractivity contribution in [3.63, 3.8) is 0 Å². The van der Waals surface area contributed by atoms with E-state index >= 15 is 0 Å². The molecule has 0 aromatic carbocycles. The topological polar surface area (TPSA) is 110 Å². The molecule has 7 atom stereocenters. The lowest BCUT2D eigenvalue weighted by Crippen LogP contribution is -2.65. The summed E-state index contributed by atoms with van der Waals surface area (Å²) in [5.74, 6) is -0.0451. The number of aromatic nitrogens is 1. The molecule has 1 aliphatic heterocycles. The minimum atomic E-state index is -1.15. The molecule has 1 saturated heterocycles. The number of nitrogens with one attached hydrogen (secondary N) is 2. The molecule has 8 nitrogen and oxygen atoms in total. The Kier molecular flexibility index (Phi) is 7.69. The van der Waals surface area contributed by atoms with E-state index in [1.807, 2.05) is 17.5 Å². The van der Waals surface area contributed by atoms with Gasteiger partial charge < -0.3 is 25.0 Å². The van der Waals surface area contributed by atoms with Gasteiger partial charge in [-0.2, -0.15) is 0 Å². The molecule has 210 valence electrons. The van der Waals surface area contributed by atoms with Crippen molar-refractivity contribution in [2.45, 2.75) is 90.6 Å². The van der Waals surface area contributed by atoms with Crippen molar-refractivity contribution in [3.8, 4) is 10.4 Å². The highest BCUT2D eigenvalue weighted by molar-refractivity contribution is 7.13. The Morgan fingerprint density at radius 2 is 1.97 bits per heavy atom. The number of thiophene rings is 1. The van der Waals surface area contributed by atoms with E-state index in [9.17, 15) is 14.7 Å². The monoisotopic (exact) mass is 553 g/mol. The molecule has 2 aromatic heterocycles. The van der Waals surface area contributed by atoms with Crippen LogP contribution in [0.5, 0.6) is 0 Å². The average molecular weight is 554 g/mol. The summed E-state index contributed by atoms with van der Waals surface area (Å²) < 4.78 is 13.1. The summed E-state index contributed by atoms with van der Waals surface area (Å²) in [6, 6.07) is 4.48. The maximum absolute atomic E-state index is 13.5. The number of nitrogens with zero attached hydrogens (tertiary/aromatic N) is 1. The first-order valence-electron chi connectivity index (χ1n) is 14.0. The van der Waals surface area contributed by atoms with Gasteiger partial charge in [0.25, 0.3) is 5.91 Å². The predicted octanol–water partition coefficient (Wildman–Crippen LogP) is 4.09. The molecule has 3 heterocycles. The zero-order valence-electron chi connectivity index (χ0n) is 23.6. The first-order chi connectivity index (χ1) is 18.4. The van der Waals surface area contributed by atoms with E-state index in [-0.39, 0.29) is 23.0 Å². The van der Waals surface area contributed by atoms with Crippen LogP contribution in [0.3, 0.4) is 0 Å². The summed E-state index contributed by atoms with van der Waals surface area (Å²) in [6.07, 6.45) is 4.80. The first kappa shape index (κ1) is 28.3. The number of rotatable bonds is 9. The van der Waals surface area contributed by atoms with E-state index in [1.54, 1.807) is 23.6 Å². The number of hydrogen-bond acceptors (Lipinski definition) is 7. The lowest BCUT2D eigenvalue weighted by molar-refractivity contribution is -0.199. The highest BCUT2D eigenvalue weighted by Gasteiger charge is 2.68. The van der Waals surface area contributed by atoms with Crippen molar-refractivity contribution in [2.24, 2.45) is 23.2 Å². The number of amides is 2. The van der Waals surface area contributed by atoms with E-state index < -0.39 is 37.0 Å². The van der Waals surface area contributed by atoms with Crippen LogP contribution in [0.25, 0.3) is 10.4 Å². The molecular weight excluding hydrogens is 513 g/mol. The Hall–Kier alpha value is -2.27. The summed E-state index contributed by atoms with van der Waals surface area (Å²) in [4.78, 5) is 31.8. The fourth-order valence-electron chi connectivity index (χ4n) is 6.86. The van der Waals surface area contributed by atoms with Crippen molar-refractivity contribution in [1.29, 1.82) is 0 Å². The number of carbonyl (C=O) groups excluding carboxylic acids is 2. The smallest absolute Gasteiger partial charge is 0.404 e. The third-order valence-corrected chi connectivity index (χ3v) is 10.1. The standard InChI is InChI=1S/C29H40BN3O5S/c1-16(2)10-24(30-37-23-13-20-12-22(28(20,4)5)29(23,6)38-30)32-27(36)25(17(3)34)33-26(35)19-11-18(14-31-15-19)21-8-7-9-39-21/h7-9,11,14-17,20,22-25,34H,10,12-13H2,1-6H3,(H,32,36)(H,33,35)/t17-,20-,22-,23-,24+,25+,29+/m1/s1. The largest absolute Gasteiger partial charge is 0.481 e.